The summed E-state index contributed by atoms with van der Waals surface area (Å²) in [6, 6.07) is 5.24. The van der Waals surface area contributed by atoms with E-state index in [2.05, 4.69) is 0 Å². The van der Waals surface area contributed by atoms with Crippen LogP contribution in [0.15, 0.2) is 24.3 Å². The molecular weight excluding hydrogens is 257 g/mol. The summed E-state index contributed by atoms with van der Waals surface area (Å²) in [5, 5.41) is 9.01. The van der Waals surface area contributed by atoms with Crippen molar-refractivity contribution in [1.82, 2.24) is 0 Å². The lowest BCUT2D eigenvalue weighted by Gasteiger charge is -2.27. The molecule has 1 aliphatic carbocycles. The monoisotopic (exact) mass is 272 g/mol. The average Bonchev–Trinajstić information content (AvgIpc) is 2.38. The smallest absolute Gasteiger partial charge is 0.416 e. The van der Waals surface area contributed by atoms with Crippen molar-refractivity contribution in [3.63, 3.8) is 0 Å². The minimum atomic E-state index is -4.35. The Morgan fingerprint density at radius 3 is 2.63 bits per heavy atom. The maximum Gasteiger partial charge on any atom is 0.416 e. The SMILES string of the molecule is O=C(O)[C@@H]1CCC[C@H](c2cccc(C(F)(F)F)c2)C1. The van der Waals surface area contributed by atoms with Gasteiger partial charge in [-0.15, -0.1) is 0 Å². The molecule has 1 aliphatic rings. The van der Waals surface area contributed by atoms with Crippen molar-refractivity contribution in [2.45, 2.75) is 37.8 Å². The van der Waals surface area contributed by atoms with Crippen LogP contribution in [-0.4, -0.2) is 11.1 Å². The van der Waals surface area contributed by atoms with Crippen LogP contribution in [-0.2, 0) is 11.0 Å². The van der Waals surface area contributed by atoms with Gasteiger partial charge < -0.3 is 5.11 Å². The highest BCUT2D eigenvalue weighted by atomic mass is 19.4. The quantitative estimate of drug-likeness (QED) is 0.881. The van der Waals surface area contributed by atoms with E-state index in [0.717, 1.165) is 25.0 Å². The number of benzene rings is 1. The van der Waals surface area contributed by atoms with Crippen molar-refractivity contribution < 1.29 is 23.1 Å². The highest BCUT2D eigenvalue weighted by molar-refractivity contribution is 5.70. The summed E-state index contributed by atoms with van der Waals surface area (Å²) in [5.74, 6) is -1.37. The lowest BCUT2D eigenvalue weighted by atomic mass is 9.78. The molecule has 2 nitrogen and oxygen atoms in total. The van der Waals surface area contributed by atoms with Crippen LogP contribution < -0.4 is 0 Å². The first kappa shape index (κ1) is 13.9. The van der Waals surface area contributed by atoms with Gasteiger partial charge in [0.05, 0.1) is 11.5 Å². The molecule has 0 radical (unpaired) electrons. The Morgan fingerprint density at radius 1 is 1.26 bits per heavy atom. The number of rotatable bonds is 2. The molecule has 0 amide bonds. The zero-order chi connectivity index (χ0) is 14.0. The minimum Gasteiger partial charge on any atom is -0.481 e. The lowest BCUT2D eigenvalue weighted by molar-refractivity contribution is -0.143. The second kappa shape index (κ2) is 5.23. The minimum absolute atomic E-state index is 0.0860. The Balaban J connectivity index is 2.20. The van der Waals surface area contributed by atoms with Crippen LogP contribution >= 0.6 is 0 Å². The van der Waals surface area contributed by atoms with Crippen LogP contribution in [0.25, 0.3) is 0 Å². The molecule has 0 aromatic heterocycles. The van der Waals surface area contributed by atoms with Crippen molar-refractivity contribution in [3.8, 4) is 0 Å². The second-order valence-corrected chi connectivity index (χ2v) is 5.02. The van der Waals surface area contributed by atoms with E-state index in [1.165, 1.54) is 6.07 Å². The van der Waals surface area contributed by atoms with Gasteiger partial charge in [-0.2, -0.15) is 13.2 Å². The predicted molar refractivity (Wildman–Crippen MR) is 63.8 cm³/mol. The van der Waals surface area contributed by atoms with E-state index in [-0.39, 0.29) is 5.92 Å². The van der Waals surface area contributed by atoms with Gasteiger partial charge in [-0.05, 0) is 36.8 Å². The van der Waals surface area contributed by atoms with E-state index >= 15 is 0 Å². The van der Waals surface area contributed by atoms with Crippen molar-refractivity contribution >= 4 is 5.97 Å². The van der Waals surface area contributed by atoms with Crippen LogP contribution in [0, 0.1) is 5.92 Å². The first-order valence-electron chi connectivity index (χ1n) is 6.28. The molecule has 0 aliphatic heterocycles. The van der Waals surface area contributed by atoms with Crippen molar-refractivity contribution in [2.75, 3.05) is 0 Å². The molecular formula is C14H15F3O2. The number of carboxylic acid groups (broad SMARTS) is 1. The Bertz CT molecular complexity index is 468. The average molecular weight is 272 g/mol. The molecule has 2 atom stereocenters. The number of aliphatic carboxylic acids is 1. The third-order valence-electron chi connectivity index (χ3n) is 3.71. The first-order chi connectivity index (χ1) is 8.88. The fourth-order valence-corrected chi connectivity index (χ4v) is 2.69. The maximum absolute atomic E-state index is 12.6. The van der Waals surface area contributed by atoms with E-state index < -0.39 is 23.6 Å². The summed E-state index contributed by atoms with van der Waals surface area (Å²) in [6.07, 6.45) is -1.80. The number of hydrogen-bond acceptors (Lipinski definition) is 1. The van der Waals surface area contributed by atoms with Crippen LogP contribution in [0.4, 0.5) is 13.2 Å². The van der Waals surface area contributed by atoms with Gasteiger partial charge in [-0.3, -0.25) is 4.79 Å². The van der Waals surface area contributed by atoms with Gasteiger partial charge in [0, 0.05) is 0 Å². The van der Waals surface area contributed by atoms with E-state index in [0.29, 0.717) is 18.4 Å². The van der Waals surface area contributed by atoms with Gasteiger partial charge in [0.25, 0.3) is 0 Å². The Kier molecular flexibility index (Phi) is 3.83. The molecule has 1 aromatic carbocycles. The zero-order valence-corrected chi connectivity index (χ0v) is 10.3. The third-order valence-corrected chi connectivity index (χ3v) is 3.71. The highest BCUT2D eigenvalue weighted by Gasteiger charge is 2.32. The Morgan fingerprint density at radius 2 is 2.00 bits per heavy atom. The molecule has 0 saturated heterocycles. The normalized spacial score (nSPS) is 24.2. The molecule has 1 N–H and O–H groups in total. The van der Waals surface area contributed by atoms with Gasteiger partial charge >= 0.3 is 12.1 Å². The molecule has 104 valence electrons. The lowest BCUT2D eigenvalue weighted by Crippen LogP contribution is -2.21. The van der Waals surface area contributed by atoms with Crippen LogP contribution in [0.3, 0.4) is 0 Å². The first-order valence-corrected chi connectivity index (χ1v) is 6.28. The molecule has 19 heavy (non-hydrogen) atoms. The summed E-state index contributed by atoms with van der Waals surface area (Å²) >= 11 is 0. The molecule has 1 saturated carbocycles. The molecule has 2 rings (SSSR count). The summed E-state index contributed by atoms with van der Waals surface area (Å²) in [7, 11) is 0. The maximum atomic E-state index is 12.6. The Hall–Kier alpha value is -1.52. The van der Waals surface area contributed by atoms with Crippen molar-refractivity contribution in [2.24, 2.45) is 5.92 Å². The van der Waals surface area contributed by atoms with Crippen molar-refractivity contribution in [1.29, 1.82) is 0 Å². The largest absolute Gasteiger partial charge is 0.481 e. The fourth-order valence-electron chi connectivity index (χ4n) is 2.69. The second-order valence-electron chi connectivity index (χ2n) is 5.02. The van der Waals surface area contributed by atoms with Gasteiger partial charge in [-0.1, -0.05) is 24.6 Å². The van der Waals surface area contributed by atoms with Gasteiger partial charge in [0.1, 0.15) is 0 Å². The number of hydrogen-bond donors (Lipinski definition) is 1. The Labute approximate surface area is 109 Å². The molecule has 0 bridgehead atoms. The van der Waals surface area contributed by atoms with Gasteiger partial charge in [-0.25, -0.2) is 0 Å². The van der Waals surface area contributed by atoms with Crippen LogP contribution in [0.5, 0.6) is 0 Å². The van der Waals surface area contributed by atoms with Crippen LogP contribution in [0.1, 0.15) is 42.7 Å². The number of halogens is 3. The fraction of sp³-hybridized carbons (Fsp3) is 0.500. The molecule has 1 fully saturated rings. The third kappa shape index (κ3) is 3.28. The zero-order valence-electron chi connectivity index (χ0n) is 10.3. The van der Waals surface area contributed by atoms with E-state index in [1.54, 1.807) is 6.07 Å². The number of carboxylic acids is 1. The van der Waals surface area contributed by atoms with E-state index in [1.807, 2.05) is 0 Å². The summed E-state index contributed by atoms with van der Waals surface area (Å²) < 4.78 is 37.9. The predicted octanol–water partition coefficient (Wildman–Crippen LogP) is 4.06. The molecule has 0 spiro atoms. The van der Waals surface area contributed by atoms with E-state index in [9.17, 15) is 18.0 Å². The van der Waals surface area contributed by atoms with E-state index in [4.69, 9.17) is 5.11 Å². The molecule has 0 unspecified atom stereocenters. The summed E-state index contributed by atoms with van der Waals surface area (Å²) in [4.78, 5) is 11.0. The molecule has 1 aromatic rings. The summed E-state index contributed by atoms with van der Waals surface area (Å²) in [6.45, 7) is 0. The highest BCUT2D eigenvalue weighted by Crippen LogP contribution is 2.38. The van der Waals surface area contributed by atoms with Crippen molar-refractivity contribution in [3.05, 3.63) is 35.4 Å². The van der Waals surface area contributed by atoms with Gasteiger partial charge in [0.2, 0.25) is 0 Å². The topological polar surface area (TPSA) is 37.3 Å². The van der Waals surface area contributed by atoms with Gasteiger partial charge in [0.15, 0.2) is 0 Å². The molecule has 0 heterocycles. The standard InChI is InChI=1S/C14H15F3O2/c15-14(16,17)12-6-2-4-10(8-12)9-3-1-5-11(7-9)13(18)19/h2,4,6,8-9,11H,1,3,5,7H2,(H,18,19)/t9-,11+/m0/s1. The number of alkyl halides is 3. The summed E-state index contributed by atoms with van der Waals surface area (Å²) in [5.41, 5.74) is -0.0665. The molecule has 5 heteroatoms. The number of carbonyl (C=O) groups is 1. The van der Waals surface area contributed by atoms with Crippen LogP contribution in [0.2, 0.25) is 0 Å².